The van der Waals surface area contributed by atoms with Crippen LogP contribution in [0.5, 0.6) is 11.5 Å². The highest BCUT2D eigenvalue weighted by molar-refractivity contribution is 5.96. The van der Waals surface area contributed by atoms with Crippen molar-refractivity contribution in [1.29, 1.82) is 0 Å². The number of amides is 1. The summed E-state index contributed by atoms with van der Waals surface area (Å²) in [5.41, 5.74) is 5.74. The summed E-state index contributed by atoms with van der Waals surface area (Å²) >= 11 is 0. The minimum absolute atomic E-state index is 0.0731. The number of aromatic hydroxyl groups is 2. The van der Waals surface area contributed by atoms with E-state index in [9.17, 15) is 9.90 Å². The average molecular weight is 238 g/mol. The monoisotopic (exact) mass is 238 g/mol. The second-order valence-corrected chi connectivity index (χ2v) is 4.08. The Bertz CT molecular complexity index is 391. The zero-order chi connectivity index (χ0) is 12.8. The van der Waals surface area contributed by atoms with Crippen molar-refractivity contribution in [3.63, 3.8) is 0 Å². The Morgan fingerprint density at radius 3 is 2.76 bits per heavy atom. The molecule has 0 spiro atoms. The number of nitrogens with one attached hydrogen (secondary N) is 1. The van der Waals surface area contributed by atoms with Gasteiger partial charge in [-0.05, 0) is 31.9 Å². The molecule has 0 fully saturated rings. The first-order chi connectivity index (χ1) is 8.00. The molecule has 1 rings (SSSR count). The smallest absolute Gasteiger partial charge is 0.255 e. The molecule has 0 heterocycles. The molecule has 0 aromatic heterocycles. The third kappa shape index (κ3) is 4.32. The van der Waals surface area contributed by atoms with Crippen molar-refractivity contribution in [2.75, 3.05) is 6.54 Å². The molecule has 1 amide bonds. The SMILES string of the molecule is CC(N)CCCNC(=O)c1ccc(O)cc1O. The number of carbonyl (C=O) groups excluding carboxylic acids is 1. The second-order valence-electron chi connectivity index (χ2n) is 4.08. The number of hydrogen-bond acceptors (Lipinski definition) is 4. The lowest BCUT2D eigenvalue weighted by atomic mass is 10.1. The van der Waals surface area contributed by atoms with Crippen LogP contribution in [0.15, 0.2) is 18.2 Å². The van der Waals surface area contributed by atoms with E-state index in [1.807, 2.05) is 6.92 Å². The summed E-state index contributed by atoms with van der Waals surface area (Å²) in [6.45, 7) is 2.42. The van der Waals surface area contributed by atoms with Gasteiger partial charge in [0.15, 0.2) is 0 Å². The Morgan fingerprint density at radius 1 is 1.47 bits per heavy atom. The molecule has 5 N–H and O–H groups in total. The molecule has 94 valence electrons. The molecule has 0 aliphatic heterocycles. The van der Waals surface area contributed by atoms with Gasteiger partial charge in [-0.3, -0.25) is 4.79 Å². The Morgan fingerprint density at radius 2 is 2.18 bits per heavy atom. The van der Waals surface area contributed by atoms with Gasteiger partial charge in [-0.2, -0.15) is 0 Å². The summed E-state index contributed by atoms with van der Waals surface area (Å²) in [5, 5.41) is 21.2. The molecule has 1 atom stereocenters. The molecule has 0 saturated heterocycles. The molecule has 0 radical (unpaired) electrons. The number of benzene rings is 1. The fourth-order valence-electron chi connectivity index (χ4n) is 1.43. The maximum absolute atomic E-state index is 11.6. The molecular formula is C12H18N2O3. The van der Waals surface area contributed by atoms with Gasteiger partial charge in [0.2, 0.25) is 0 Å². The first-order valence-corrected chi connectivity index (χ1v) is 5.56. The summed E-state index contributed by atoms with van der Waals surface area (Å²) in [6.07, 6.45) is 1.63. The molecule has 5 heteroatoms. The molecule has 1 aromatic carbocycles. The van der Waals surface area contributed by atoms with E-state index in [1.165, 1.54) is 12.1 Å². The summed E-state index contributed by atoms with van der Waals surface area (Å²) in [6, 6.07) is 3.99. The van der Waals surface area contributed by atoms with E-state index in [2.05, 4.69) is 5.32 Å². The predicted molar refractivity (Wildman–Crippen MR) is 65.0 cm³/mol. The summed E-state index contributed by atoms with van der Waals surface area (Å²) < 4.78 is 0. The van der Waals surface area contributed by atoms with Crippen molar-refractivity contribution in [2.24, 2.45) is 5.73 Å². The highest BCUT2D eigenvalue weighted by Gasteiger charge is 2.10. The molecule has 5 nitrogen and oxygen atoms in total. The van der Waals surface area contributed by atoms with Gasteiger partial charge >= 0.3 is 0 Å². The highest BCUT2D eigenvalue weighted by Crippen LogP contribution is 2.22. The van der Waals surface area contributed by atoms with Gasteiger partial charge < -0.3 is 21.3 Å². The number of hydrogen-bond donors (Lipinski definition) is 4. The first kappa shape index (κ1) is 13.3. The van der Waals surface area contributed by atoms with E-state index >= 15 is 0 Å². The van der Waals surface area contributed by atoms with Crippen LogP contribution in [0.25, 0.3) is 0 Å². The zero-order valence-corrected chi connectivity index (χ0v) is 9.81. The Labute approximate surface area is 100 Å². The van der Waals surface area contributed by atoms with E-state index in [0.717, 1.165) is 18.9 Å². The first-order valence-electron chi connectivity index (χ1n) is 5.56. The van der Waals surface area contributed by atoms with Crippen LogP contribution < -0.4 is 11.1 Å². The lowest BCUT2D eigenvalue weighted by molar-refractivity contribution is 0.0950. The van der Waals surface area contributed by atoms with Crippen molar-refractivity contribution in [1.82, 2.24) is 5.32 Å². The number of phenolic OH excluding ortho intramolecular Hbond substituents is 2. The van der Waals surface area contributed by atoms with Gasteiger partial charge in [-0.15, -0.1) is 0 Å². The lowest BCUT2D eigenvalue weighted by Crippen LogP contribution is -2.26. The van der Waals surface area contributed by atoms with Gasteiger partial charge in [0.1, 0.15) is 11.5 Å². The van der Waals surface area contributed by atoms with Gasteiger partial charge in [-0.1, -0.05) is 0 Å². The zero-order valence-electron chi connectivity index (χ0n) is 9.81. The van der Waals surface area contributed by atoms with Crippen LogP contribution in [0, 0.1) is 0 Å². The van der Waals surface area contributed by atoms with Crippen LogP contribution in [0.4, 0.5) is 0 Å². The van der Waals surface area contributed by atoms with Crippen molar-refractivity contribution >= 4 is 5.91 Å². The molecule has 0 aliphatic carbocycles. The van der Waals surface area contributed by atoms with E-state index < -0.39 is 0 Å². The minimum Gasteiger partial charge on any atom is -0.508 e. The van der Waals surface area contributed by atoms with Crippen LogP contribution >= 0.6 is 0 Å². The van der Waals surface area contributed by atoms with Gasteiger partial charge in [-0.25, -0.2) is 0 Å². The van der Waals surface area contributed by atoms with Crippen LogP contribution in [0.3, 0.4) is 0 Å². The van der Waals surface area contributed by atoms with Crippen LogP contribution in [-0.4, -0.2) is 28.7 Å². The lowest BCUT2D eigenvalue weighted by Gasteiger charge is -2.08. The Kier molecular flexibility index (Phi) is 4.78. The normalized spacial score (nSPS) is 12.1. The van der Waals surface area contributed by atoms with Crippen molar-refractivity contribution < 1.29 is 15.0 Å². The van der Waals surface area contributed by atoms with Crippen molar-refractivity contribution in [2.45, 2.75) is 25.8 Å². The maximum atomic E-state index is 11.6. The molecule has 0 aliphatic rings. The molecular weight excluding hydrogens is 220 g/mol. The third-order valence-corrected chi connectivity index (χ3v) is 2.35. The molecule has 1 unspecified atom stereocenters. The second kappa shape index (κ2) is 6.10. The molecule has 1 aromatic rings. The van der Waals surface area contributed by atoms with Crippen molar-refractivity contribution in [3.05, 3.63) is 23.8 Å². The van der Waals surface area contributed by atoms with Gasteiger partial charge in [0.05, 0.1) is 5.56 Å². The summed E-state index contributed by atoms with van der Waals surface area (Å²) in [5.74, 6) is -0.655. The fraction of sp³-hybridized carbons (Fsp3) is 0.417. The van der Waals surface area contributed by atoms with Crippen LogP contribution in [0.2, 0.25) is 0 Å². The van der Waals surface area contributed by atoms with Gasteiger partial charge in [0.25, 0.3) is 5.91 Å². The molecule has 0 saturated carbocycles. The molecule has 17 heavy (non-hydrogen) atoms. The number of nitrogens with two attached hydrogens (primary N) is 1. The molecule has 0 bridgehead atoms. The average Bonchev–Trinajstić information content (AvgIpc) is 2.23. The minimum atomic E-state index is -0.354. The number of rotatable bonds is 5. The Balaban J connectivity index is 2.47. The fourth-order valence-corrected chi connectivity index (χ4v) is 1.43. The topological polar surface area (TPSA) is 95.6 Å². The predicted octanol–water partition coefficient (Wildman–Crippen LogP) is 0.955. The van der Waals surface area contributed by atoms with E-state index in [-0.39, 0.29) is 29.0 Å². The quantitative estimate of drug-likeness (QED) is 0.574. The third-order valence-electron chi connectivity index (χ3n) is 2.35. The maximum Gasteiger partial charge on any atom is 0.255 e. The van der Waals surface area contributed by atoms with Crippen LogP contribution in [-0.2, 0) is 0 Å². The summed E-state index contributed by atoms with van der Waals surface area (Å²) in [4.78, 5) is 11.6. The van der Waals surface area contributed by atoms with Crippen LogP contribution in [0.1, 0.15) is 30.1 Å². The highest BCUT2D eigenvalue weighted by atomic mass is 16.3. The number of carbonyl (C=O) groups is 1. The van der Waals surface area contributed by atoms with Crippen molar-refractivity contribution in [3.8, 4) is 11.5 Å². The Hall–Kier alpha value is -1.75. The van der Waals surface area contributed by atoms with Gasteiger partial charge in [0, 0.05) is 18.7 Å². The standard InChI is InChI=1S/C12H18N2O3/c1-8(13)3-2-6-14-12(17)10-5-4-9(15)7-11(10)16/h4-5,7-8,15-16H,2-3,6,13H2,1H3,(H,14,17). The van der Waals surface area contributed by atoms with E-state index in [4.69, 9.17) is 10.8 Å². The van der Waals surface area contributed by atoms with E-state index in [0.29, 0.717) is 6.54 Å². The summed E-state index contributed by atoms with van der Waals surface area (Å²) in [7, 11) is 0. The van der Waals surface area contributed by atoms with E-state index in [1.54, 1.807) is 0 Å². The largest absolute Gasteiger partial charge is 0.508 e. The number of phenols is 2.